The number of fused-ring (bicyclic) bond motifs is 1. The van der Waals surface area contributed by atoms with Gasteiger partial charge in [0.1, 0.15) is 16.5 Å². The predicted molar refractivity (Wildman–Crippen MR) is 94.1 cm³/mol. The minimum atomic E-state index is -3.82. The Morgan fingerprint density at radius 2 is 1.75 bits per heavy atom. The van der Waals surface area contributed by atoms with Crippen molar-refractivity contribution in [1.29, 1.82) is 0 Å². The van der Waals surface area contributed by atoms with Crippen molar-refractivity contribution in [3.05, 3.63) is 53.3 Å². The molecular weight excluding hydrogens is 324 g/mol. The second-order valence-electron chi connectivity index (χ2n) is 5.73. The first kappa shape index (κ1) is 16.5. The van der Waals surface area contributed by atoms with Gasteiger partial charge in [0, 0.05) is 0 Å². The first-order valence-electron chi connectivity index (χ1n) is 7.80. The molecule has 0 aliphatic rings. The molecule has 0 bridgehead atoms. The topological polar surface area (TPSA) is 61.2 Å². The van der Waals surface area contributed by atoms with Crippen molar-refractivity contribution in [1.82, 2.24) is 8.96 Å². The Hall–Kier alpha value is -2.34. The third-order valence-electron chi connectivity index (χ3n) is 4.05. The van der Waals surface area contributed by atoms with Crippen LogP contribution in [0.4, 0.5) is 0 Å². The van der Waals surface area contributed by atoms with E-state index in [9.17, 15) is 8.42 Å². The van der Waals surface area contributed by atoms with E-state index < -0.39 is 10.0 Å². The second-order valence-corrected chi connectivity index (χ2v) is 7.49. The van der Waals surface area contributed by atoms with Crippen LogP contribution in [0.15, 0.2) is 41.3 Å². The van der Waals surface area contributed by atoms with Gasteiger partial charge in [-0.25, -0.2) is 17.4 Å². The van der Waals surface area contributed by atoms with E-state index in [1.54, 1.807) is 37.3 Å². The highest BCUT2D eigenvalue weighted by atomic mass is 32.2. The van der Waals surface area contributed by atoms with Gasteiger partial charge in [0.25, 0.3) is 10.0 Å². The van der Waals surface area contributed by atoms with Gasteiger partial charge in [-0.3, -0.25) is 0 Å². The van der Waals surface area contributed by atoms with Gasteiger partial charge in [0.05, 0.1) is 17.6 Å². The summed E-state index contributed by atoms with van der Waals surface area (Å²) >= 11 is 0. The highest BCUT2D eigenvalue weighted by Gasteiger charge is 2.26. The highest BCUT2D eigenvalue weighted by molar-refractivity contribution is 7.90. The number of ether oxygens (including phenoxy) is 1. The van der Waals surface area contributed by atoms with E-state index in [-0.39, 0.29) is 4.90 Å². The summed E-state index contributed by atoms with van der Waals surface area (Å²) in [5.74, 6) is 0.801. The van der Waals surface area contributed by atoms with Crippen molar-refractivity contribution in [3.63, 3.8) is 0 Å². The summed E-state index contributed by atoms with van der Waals surface area (Å²) in [6.45, 7) is 7.76. The summed E-state index contributed by atoms with van der Waals surface area (Å²) in [7, 11) is -3.82. The Labute approximate surface area is 142 Å². The first-order valence-corrected chi connectivity index (χ1v) is 9.24. The lowest BCUT2D eigenvalue weighted by molar-refractivity contribution is 0.330. The molecule has 0 unspecified atom stereocenters. The average Bonchev–Trinajstić information content (AvgIpc) is 2.87. The van der Waals surface area contributed by atoms with Crippen LogP contribution in [0.3, 0.4) is 0 Å². The fourth-order valence-electron chi connectivity index (χ4n) is 2.76. The standard InChI is InChI=1S/C18H20N2O3S/c1-5-23-17-10-12(2)13(3)11-18(17)24(21,22)20-14(4)19-15-8-6-7-9-16(15)20/h6-11H,5H2,1-4H3. The van der Waals surface area contributed by atoms with Crippen molar-refractivity contribution in [2.24, 2.45) is 0 Å². The SMILES string of the molecule is CCOc1cc(C)c(C)cc1S(=O)(=O)n1c(C)nc2ccccc21. The van der Waals surface area contributed by atoms with Crippen LogP contribution in [0, 0.1) is 20.8 Å². The van der Waals surface area contributed by atoms with Gasteiger partial charge >= 0.3 is 0 Å². The van der Waals surface area contributed by atoms with Gasteiger partial charge < -0.3 is 4.74 Å². The van der Waals surface area contributed by atoms with Crippen LogP contribution in [-0.2, 0) is 10.0 Å². The average molecular weight is 344 g/mol. The quantitative estimate of drug-likeness (QED) is 0.725. The van der Waals surface area contributed by atoms with Crippen molar-refractivity contribution in [2.45, 2.75) is 32.6 Å². The molecule has 0 atom stereocenters. The zero-order chi connectivity index (χ0) is 17.5. The lowest BCUT2D eigenvalue weighted by Crippen LogP contribution is -2.16. The van der Waals surface area contributed by atoms with Crippen LogP contribution < -0.4 is 4.74 Å². The molecule has 0 spiro atoms. The monoisotopic (exact) mass is 344 g/mol. The summed E-state index contributed by atoms with van der Waals surface area (Å²) in [6, 6.07) is 10.7. The minimum absolute atomic E-state index is 0.165. The zero-order valence-corrected chi connectivity index (χ0v) is 15.0. The van der Waals surface area contributed by atoms with Crippen molar-refractivity contribution in [3.8, 4) is 5.75 Å². The van der Waals surface area contributed by atoms with Crippen LogP contribution in [0.25, 0.3) is 11.0 Å². The lowest BCUT2D eigenvalue weighted by atomic mass is 10.1. The molecule has 24 heavy (non-hydrogen) atoms. The fourth-order valence-corrected chi connectivity index (χ4v) is 4.46. The molecule has 0 N–H and O–H groups in total. The summed E-state index contributed by atoms with van der Waals surface area (Å²) < 4.78 is 33.5. The van der Waals surface area contributed by atoms with Crippen molar-refractivity contribution < 1.29 is 13.2 Å². The molecule has 1 aromatic heterocycles. The van der Waals surface area contributed by atoms with Gasteiger partial charge in [0.2, 0.25) is 0 Å². The molecule has 1 heterocycles. The Kier molecular flexibility index (Phi) is 4.09. The van der Waals surface area contributed by atoms with E-state index >= 15 is 0 Å². The van der Waals surface area contributed by atoms with E-state index in [4.69, 9.17) is 4.74 Å². The first-order chi connectivity index (χ1) is 11.4. The number of hydrogen-bond donors (Lipinski definition) is 0. The maximum atomic E-state index is 13.3. The second kappa shape index (κ2) is 5.94. The molecule has 6 heteroatoms. The third kappa shape index (κ3) is 2.57. The number of aryl methyl sites for hydroxylation is 3. The molecular formula is C18H20N2O3S. The van der Waals surface area contributed by atoms with Gasteiger partial charge in [-0.05, 0) is 63.1 Å². The maximum absolute atomic E-state index is 13.3. The summed E-state index contributed by atoms with van der Waals surface area (Å²) in [6.07, 6.45) is 0. The van der Waals surface area contributed by atoms with E-state index in [1.165, 1.54) is 3.97 Å². The van der Waals surface area contributed by atoms with Crippen LogP contribution >= 0.6 is 0 Å². The molecule has 0 saturated heterocycles. The predicted octanol–water partition coefficient (Wildman–Crippen LogP) is 3.60. The molecule has 3 rings (SSSR count). The Morgan fingerprint density at radius 1 is 1.08 bits per heavy atom. The normalized spacial score (nSPS) is 11.8. The Morgan fingerprint density at radius 3 is 2.46 bits per heavy atom. The molecule has 126 valence electrons. The largest absolute Gasteiger partial charge is 0.492 e. The van der Waals surface area contributed by atoms with Crippen LogP contribution in [0.2, 0.25) is 0 Å². The minimum Gasteiger partial charge on any atom is -0.492 e. The van der Waals surface area contributed by atoms with E-state index in [0.29, 0.717) is 29.2 Å². The molecule has 0 aliphatic heterocycles. The third-order valence-corrected chi connectivity index (χ3v) is 5.87. The van der Waals surface area contributed by atoms with E-state index in [2.05, 4.69) is 4.98 Å². The van der Waals surface area contributed by atoms with E-state index in [1.807, 2.05) is 26.8 Å². The van der Waals surface area contributed by atoms with Gasteiger partial charge in [0.15, 0.2) is 0 Å². The zero-order valence-electron chi connectivity index (χ0n) is 14.2. The van der Waals surface area contributed by atoms with Crippen LogP contribution in [0.1, 0.15) is 23.9 Å². The number of nitrogens with zero attached hydrogens (tertiary/aromatic N) is 2. The molecule has 0 radical (unpaired) electrons. The highest BCUT2D eigenvalue weighted by Crippen LogP contribution is 2.31. The van der Waals surface area contributed by atoms with Crippen LogP contribution in [0.5, 0.6) is 5.75 Å². The van der Waals surface area contributed by atoms with Gasteiger partial charge in [-0.2, -0.15) is 0 Å². The molecule has 0 fully saturated rings. The van der Waals surface area contributed by atoms with Crippen molar-refractivity contribution in [2.75, 3.05) is 6.61 Å². The molecule has 0 amide bonds. The summed E-state index contributed by atoms with van der Waals surface area (Å²) in [4.78, 5) is 4.53. The van der Waals surface area contributed by atoms with E-state index in [0.717, 1.165) is 11.1 Å². The summed E-state index contributed by atoms with van der Waals surface area (Å²) in [5, 5.41) is 0. The molecule has 0 aliphatic carbocycles. The molecule has 2 aromatic carbocycles. The number of benzene rings is 2. The smallest absolute Gasteiger partial charge is 0.273 e. The summed E-state index contributed by atoms with van der Waals surface area (Å²) in [5.41, 5.74) is 3.11. The van der Waals surface area contributed by atoms with Gasteiger partial charge in [-0.1, -0.05) is 12.1 Å². The number of aromatic nitrogens is 2. The number of para-hydroxylation sites is 2. The number of hydrogen-bond acceptors (Lipinski definition) is 4. The maximum Gasteiger partial charge on any atom is 0.273 e. The Bertz CT molecular complexity index is 1020. The molecule has 0 saturated carbocycles. The van der Waals surface area contributed by atoms with Gasteiger partial charge in [-0.15, -0.1) is 0 Å². The lowest BCUT2D eigenvalue weighted by Gasteiger charge is -2.15. The number of imidazole rings is 1. The molecule has 3 aromatic rings. The molecule has 5 nitrogen and oxygen atoms in total. The van der Waals surface area contributed by atoms with Crippen LogP contribution in [-0.4, -0.2) is 24.0 Å². The number of rotatable bonds is 4. The van der Waals surface area contributed by atoms with Crippen molar-refractivity contribution >= 4 is 21.1 Å². The Balaban J connectivity index is 2.32. The fraction of sp³-hybridized carbons (Fsp3) is 0.278.